The van der Waals surface area contributed by atoms with Crippen LogP contribution in [0.2, 0.25) is 0 Å². The summed E-state index contributed by atoms with van der Waals surface area (Å²) in [5.41, 5.74) is 0. The Morgan fingerprint density at radius 3 is 2.81 bits per heavy atom. The Balaban J connectivity index is 2.05. The molecule has 16 heavy (non-hydrogen) atoms. The van der Waals surface area contributed by atoms with E-state index >= 15 is 0 Å². The summed E-state index contributed by atoms with van der Waals surface area (Å²) in [7, 11) is 0. The lowest BCUT2D eigenvalue weighted by Gasteiger charge is -2.27. The fraction of sp³-hybridized carbons (Fsp3) is 0.909. The maximum Gasteiger partial charge on any atom is 0.236 e. The Labute approximate surface area is 96.8 Å². The van der Waals surface area contributed by atoms with E-state index in [-0.39, 0.29) is 12.0 Å². The Bertz CT molecular complexity index is 205. The maximum absolute atomic E-state index is 11.7. The average Bonchev–Trinajstić information content (AvgIpc) is 2.35. The second kappa shape index (κ2) is 7.60. The van der Waals surface area contributed by atoms with Gasteiger partial charge in [0, 0.05) is 13.1 Å². The van der Waals surface area contributed by atoms with E-state index in [1.54, 1.807) is 0 Å². The zero-order valence-electron chi connectivity index (χ0n) is 9.95. The van der Waals surface area contributed by atoms with E-state index in [1.807, 2.05) is 11.8 Å². The second-order valence-electron chi connectivity index (χ2n) is 4.02. The van der Waals surface area contributed by atoms with Gasteiger partial charge in [0.05, 0.1) is 25.9 Å². The Morgan fingerprint density at radius 2 is 2.19 bits per heavy atom. The van der Waals surface area contributed by atoms with Crippen LogP contribution in [0.15, 0.2) is 0 Å². The molecule has 0 aliphatic carbocycles. The van der Waals surface area contributed by atoms with Crippen LogP contribution in [0.4, 0.5) is 0 Å². The van der Waals surface area contributed by atoms with Crippen molar-refractivity contribution in [3.8, 4) is 0 Å². The lowest BCUT2D eigenvalue weighted by molar-refractivity contribution is -0.134. The quantitative estimate of drug-likeness (QED) is 0.609. The van der Waals surface area contributed by atoms with Gasteiger partial charge in [0.2, 0.25) is 5.91 Å². The number of nitrogens with one attached hydrogen (secondary N) is 1. The molecule has 1 rings (SSSR count). The number of nitrogens with zero attached hydrogens (tertiary/aromatic N) is 1. The molecule has 1 atom stereocenters. The van der Waals surface area contributed by atoms with Crippen LogP contribution in [0.25, 0.3) is 0 Å². The number of carbonyl (C=O) groups is 1. The number of carbonyl (C=O) groups excluding carboxylic acids is 1. The molecule has 1 heterocycles. The van der Waals surface area contributed by atoms with Crippen molar-refractivity contribution in [3.63, 3.8) is 0 Å². The highest BCUT2D eigenvalue weighted by atomic mass is 16.5. The summed E-state index contributed by atoms with van der Waals surface area (Å²) in [6.07, 6.45) is 1.21. The number of amides is 1. The summed E-state index contributed by atoms with van der Waals surface area (Å²) in [5, 5.41) is 12.4. The summed E-state index contributed by atoms with van der Waals surface area (Å²) in [6.45, 7) is 5.65. The predicted molar refractivity (Wildman–Crippen MR) is 61.2 cm³/mol. The average molecular weight is 230 g/mol. The van der Waals surface area contributed by atoms with E-state index in [0.29, 0.717) is 45.8 Å². The van der Waals surface area contributed by atoms with Crippen LogP contribution in [-0.2, 0) is 9.53 Å². The molecule has 94 valence electrons. The molecule has 0 aromatic carbocycles. The van der Waals surface area contributed by atoms with Gasteiger partial charge in [-0.15, -0.1) is 0 Å². The van der Waals surface area contributed by atoms with Crippen molar-refractivity contribution in [2.75, 3.05) is 39.4 Å². The summed E-state index contributed by atoms with van der Waals surface area (Å²) >= 11 is 0. The lowest BCUT2D eigenvalue weighted by atomic mass is 10.2. The topological polar surface area (TPSA) is 61.8 Å². The SMILES string of the molecule is CCC(O)CCNCC(=O)N1CCOCC1. The van der Waals surface area contributed by atoms with Crippen LogP contribution < -0.4 is 5.32 Å². The molecule has 0 spiro atoms. The first kappa shape index (κ1) is 13.4. The summed E-state index contributed by atoms with van der Waals surface area (Å²) in [5.74, 6) is 0.120. The van der Waals surface area contributed by atoms with Gasteiger partial charge in [-0.25, -0.2) is 0 Å². The van der Waals surface area contributed by atoms with Crippen molar-refractivity contribution in [1.29, 1.82) is 0 Å². The summed E-state index contributed by atoms with van der Waals surface area (Å²) < 4.78 is 5.17. The highest BCUT2D eigenvalue weighted by Crippen LogP contribution is 1.97. The first-order valence-electron chi connectivity index (χ1n) is 5.98. The maximum atomic E-state index is 11.7. The van der Waals surface area contributed by atoms with Gasteiger partial charge in [-0.1, -0.05) is 6.92 Å². The van der Waals surface area contributed by atoms with E-state index in [4.69, 9.17) is 4.74 Å². The van der Waals surface area contributed by atoms with Crippen molar-refractivity contribution in [1.82, 2.24) is 10.2 Å². The molecule has 1 amide bonds. The number of aliphatic hydroxyl groups excluding tert-OH is 1. The minimum Gasteiger partial charge on any atom is -0.393 e. The minimum absolute atomic E-state index is 0.120. The standard InChI is InChI=1S/C11H22N2O3/c1-2-10(14)3-4-12-9-11(15)13-5-7-16-8-6-13/h10,12,14H,2-9H2,1H3. The number of rotatable bonds is 6. The van der Waals surface area contributed by atoms with E-state index in [2.05, 4.69) is 5.32 Å². The Hall–Kier alpha value is -0.650. The number of ether oxygens (including phenoxy) is 1. The van der Waals surface area contributed by atoms with Gasteiger partial charge in [0.25, 0.3) is 0 Å². The van der Waals surface area contributed by atoms with Crippen LogP contribution in [0.5, 0.6) is 0 Å². The molecule has 1 fully saturated rings. The zero-order chi connectivity index (χ0) is 11.8. The minimum atomic E-state index is -0.258. The molecular formula is C11H22N2O3. The first-order valence-corrected chi connectivity index (χ1v) is 5.98. The molecule has 2 N–H and O–H groups in total. The van der Waals surface area contributed by atoms with Crippen LogP contribution in [0.3, 0.4) is 0 Å². The number of aliphatic hydroxyl groups is 1. The first-order chi connectivity index (χ1) is 7.74. The van der Waals surface area contributed by atoms with Crippen molar-refractivity contribution in [2.45, 2.75) is 25.9 Å². The van der Waals surface area contributed by atoms with Gasteiger partial charge in [0.15, 0.2) is 0 Å². The fourth-order valence-electron chi connectivity index (χ4n) is 1.59. The normalized spacial score (nSPS) is 18.5. The van der Waals surface area contributed by atoms with Gasteiger partial charge in [-0.05, 0) is 19.4 Å². The smallest absolute Gasteiger partial charge is 0.236 e. The molecule has 0 aromatic rings. The van der Waals surface area contributed by atoms with Gasteiger partial charge < -0.3 is 20.1 Å². The molecule has 1 unspecified atom stereocenters. The lowest BCUT2D eigenvalue weighted by Crippen LogP contribution is -2.44. The molecule has 5 nitrogen and oxygen atoms in total. The Morgan fingerprint density at radius 1 is 1.50 bits per heavy atom. The van der Waals surface area contributed by atoms with Gasteiger partial charge in [-0.2, -0.15) is 0 Å². The molecule has 1 saturated heterocycles. The molecular weight excluding hydrogens is 208 g/mol. The number of hydrogen-bond donors (Lipinski definition) is 2. The van der Waals surface area contributed by atoms with Crippen molar-refractivity contribution in [2.24, 2.45) is 0 Å². The third kappa shape index (κ3) is 4.92. The van der Waals surface area contributed by atoms with E-state index in [9.17, 15) is 9.90 Å². The molecule has 5 heteroatoms. The molecule has 0 saturated carbocycles. The monoisotopic (exact) mass is 230 g/mol. The Kier molecular flexibility index (Phi) is 6.37. The van der Waals surface area contributed by atoms with Crippen molar-refractivity contribution >= 4 is 5.91 Å². The van der Waals surface area contributed by atoms with Crippen molar-refractivity contribution < 1.29 is 14.6 Å². The molecule has 0 radical (unpaired) electrons. The van der Waals surface area contributed by atoms with Crippen LogP contribution in [-0.4, -0.2) is 61.4 Å². The largest absolute Gasteiger partial charge is 0.393 e. The summed E-state index contributed by atoms with van der Waals surface area (Å²) in [6, 6.07) is 0. The highest BCUT2D eigenvalue weighted by molar-refractivity contribution is 5.78. The van der Waals surface area contributed by atoms with Crippen LogP contribution >= 0.6 is 0 Å². The molecule has 0 bridgehead atoms. The fourth-order valence-corrected chi connectivity index (χ4v) is 1.59. The third-order valence-electron chi connectivity index (χ3n) is 2.77. The van der Waals surface area contributed by atoms with Crippen LogP contribution in [0, 0.1) is 0 Å². The van der Waals surface area contributed by atoms with E-state index < -0.39 is 0 Å². The third-order valence-corrected chi connectivity index (χ3v) is 2.77. The summed E-state index contributed by atoms with van der Waals surface area (Å²) in [4.78, 5) is 13.5. The predicted octanol–water partition coefficient (Wildman–Crippen LogP) is -0.404. The van der Waals surface area contributed by atoms with E-state index in [0.717, 1.165) is 6.42 Å². The molecule has 0 aromatic heterocycles. The number of hydrogen-bond acceptors (Lipinski definition) is 4. The second-order valence-corrected chi connectivity index (χ2v) is 4.02. The van der Waals surface area contributed by atoms with Gasteiger partial charge in [0.1, 0.15) is 0 Å². The number of morpholine rings is 1. The zero-order valence-corrected chi connectivity index (χ0v) is 9.95. The van der Waals surface area contributed by atoms with Crippen LogP contribution in [0.1, 0.15) is 19.8 Å². The highest BCUT2D eigenvalue weighted by Gasteiger charge is 2.15. The van der Waals surface area contributed by atoms with Gasteiger partial charge in [-0.3, -0.25) is 4.79 Å². The van der Waals surface area contributed by atoms with Gasteiger partial charge >= 0.3 is 0 Å². The van der Waals surface area contributed by atoms with Crippen molar-refractivity contribution in [3.05, 3.63) is 0 Å². The molecule has 1 aliphatic rings. The van der Waals surface area contributed by atoms with E-state index in [1.165, 1.54) is 0 Å². The molecule has 1 aliphatic heterocycles.